The van der Waals surface area contributed by atoms with Crippen LogP contribution in [0.25, 0.3) is 0 Å². The Kier molecular flexibility index (Phi) is 8.89. The smallest absolute Gasteiger partial charge is 0.416 e. The van der Waals surface area contributed by atoms with E-state index in [0.717, 1.165) is 38.0 Å². The molecule has 1 saturated carbocycles. The molecule has 2 N–H and O–H groups in total. The molecule has 1 saturated heterocycles. The third kappa shape index (κ3) is 8.00. The van der Waals surface area contributed by atoms with Crippen molar-refractivity contribution in [1.82, 2.24) is 15.5 Å². The predicted octanol–water partition coefficient (Wildman–Crippen LogP) is 4.79. The number of halogens is 4. The van der Waals surface area contributed by atoms with Gasteiger partial charge in [-0.15, -0.1) is 24.0 Å². The molecule has 1 aromatic rings. The maximum absolute atomic E-state index is 13.6. The molecule has 176 valence electrons. The fourth-order valence-electron chi connectivity index (χ4n) is 3.81. The number of benzene rings is 1. The molecule has 31 heavy (non-hydrogen) atoms. The zero-order valence-corrected chi connectivity index (χ0v) is 21.0. The Balaban J connectivity index is 0.00000341. The largest absolute Gasteiger partial charge is 0.488 e. The number of nitrogens with one attached hydrogen (secondary N) is 2. The van der Waals surface area contributed by atoms with Gasteiger partial charge in [0, 0.05) is 38.8 Å². The van der Waals surface area contributed by atoms with Gasteiger partial charge in [0.15, 0.2) is 5.96 Å². The lowest BCUT2D eigenvalue weighted by Crippen LogP contribution is -2.48. The van der Waals surface area contributed by atoms with Gasteiger partial charge in [-0.25, -0.2) is 0 Å². The van der Waals surface area contributed by atoms with Crippen LogP contribution in [0.3, 0.4) is 0 Å². The Morgan fingerprint density at radius 2 is 1.77 bits per heavy atom. The van der Waals surface area contributed by atoms with E-state index in [2.05, 4.69) is 20.5 Å². The van der Waals surface area contributed by atoms with Crippen LogP contribution < -0.4 is 15.4 Å². The molecule has 3 rings (SSSR count). The lowest BCUT2D eigenvalue weighted by atomic mass is 10.0. The lowest BCUT2D eigenvalue weighted by molar-refractivity contribution is -0.138. The molecule has 0 aromatic heterocycles. The standard InChI is InChI=1S/C22H33F3N4O.HI/c1-21(2,3)30-18-8-5-15(19(13-18)22(23,24)25)14-27-20(26-4)28-16-9-11-29(12-10-16)17-6-7-17;/h5,8,13,16-17H,6-7,9-12,14H2,1-4H3,(H2,26,27,28);1H. The lowest BCUT2D eigenvalue weighted by Gasteiger charge is -2.33. The molecule has 0 bridgehead atoms. The fourth-order valence-corrected chi connectivity index (χ4v) is 3.81. The third-order valence-corrected chi connectivity index (χ3v) is 5.41. The van der Waals surface area contributed by atoms with Crippen LogP contribution >= 0.6 is 24.0 Å². The number of alkyl halides is 3. The van der Waals surface area contributed by atoms with E-state index >= 15 is 0 Å². The van der Waals surface area contributed by atoms with Crippen LogP contribution in [0.5, 0.6) is 5.75 Å². The topological polar surface area (TPSA) is 48.9 Å². The Labute approximate surface area is 200 Å². The van der Waals surface area contributed by atoms with Crippen molar-refractivity contribution in [2.45, 2.75) is 76.9 Å². The summed E-state index contributed by atoms with van der Waals surface area (Å²) in [5, 5.41) is 6.41. The highest BCUT2D eigenvalue weighted by Crippen LogP contribution is 2.35. The van der Waals surface area contributed by atoms with Gasteiger partial charge in [0.2, 0.25) is 0 Å². The highest BCUT2D eigenvalue weighted by molar-refractivity contribution is 14.0. The molecule has 2 fully saturated rings. The van der Waals surface area contributed by atoms with Crippen LogP contribution in [-0.2, 0) is 12.7 Å². The maximum atomic E-state index is 13.6. The zero-order valence-electron chi connectivity index (χ0n) is 18.7. The highest BCUT2D eigenvalue weighted by atomic mass is 127. The van der Waals surface area contributed by atoms with Gasteiger partial charge in [-0.05, 0) is 64.2 Å². The monoisotopic (exact) mass is 554 g/mol. The number of piperidine rings is 1. The molecule has 1 aliphatic heterocycles. The van der Waals surface area contributed by atoms with Crippen molar-refractivity contribution in [3.8, 4) is 5.75 Å². The molecule has 9 heteroatoms. The Morgan fingerprint density at radius 3 is 2.29 bits per heavy atom. The summed E-state index contributed by atoms with van der Waals surface area (Å²) >= 11 is 0. The summed E-state index contributed by atoms with van der Waals surface area (Å²) in [5.41, 5.74) is -1.09. The maximum Gasteiger partial charge on any atom is 0.416 e. The normalized spacial score (nSPS) is 19.0. The molecule has 0 atom stereocenters. The van der Waals surface area contributed by atoms with Gasteiger partial charge in [-0.1, -0.05) is 6.07 Å². The Hall–Kier alpha value is -1.23. The van der Waals surface area contributed by atoms with Crippen LogP contribution in [0.1, 0.15) is 57.6 Å². The second-order valence-electron chi connectivity index (χ2n) is 9.14. The first-order valence-electron chi connectivity index (χ1n) is 10.7. The molecule has 1 aromatic carbocycles. The number of ether oxygens (including phenoxy) is 1. The van der Waals surface area contributed by atoms with E-state index in [1.807, 2.05) is 0 Å². The van der Waals surface area contributed by atoms with Crippen LogP contribution in [0.2, 0.25) is 0 Å². The van der Waals surface area contributed by atoms with Crippen LogP contribution in [0, 0.1) is 0 Å². The van der Waals surface area contributed by atoms with Crippen LogP contribution in [0.4, 0.5) is 13.2 Å². The average molecular weight is 554 g/mol. The third-order valence-electron chi connectivity index (χ3n) is 5.41. The number of rotatable bonds is 5. The predicted molar refractivity (Wildman–Crippen MR) is 128 cm³/mol. The van der Waals surface area contributed by atoms with Crippen molar-refractivity contribution in [3.63, 3.8) is 0 Å². The van der Waals surface area contributed by atoms with Gasteiger partial charge in [0.1, 0.15) is 11.4 Å². The summed E-state index contributed by atoms with van der Waals surface area (Å²) < 4.78 is 46.4. The van der Waals surface area contributed by atoms with E-state index < -0.39 is 17.3 Å². The SMILES string of the molecule is CN=C(NCc1ccc(OC(C)(C)C)cc1C(F)(F)F)NC1CCN(C2CC2)CC1.I. The summed E-state index contributed by atoms with van der Waals surface area (Å²) in [5.74, 6) is 0.742. The van der Waals surface area contributed by atoms with Crippen molar-refractivity contribution in [1.29, 1.82) is 0 Å². The second kappa shape index (κ2) is 10.6. The first-order valence-corrected chi connectivity index (χ1v) is 10.7. The Morgan fingerprint density at radius 1 is 1.13 bits per heavy atom. The van der Waals surface area contributed by atoms with Crippen molar-refractivity contribution >= 4 is 29.9 Å². The van der Waals surface area contributed by atoms with Gasteiger partial charge in [0.25, 0.3) is 0 Å². The number of nitrogens with zero attached hydrogens (tertiary/aromatic N) is 2. The number of hydrogen-bond acceptors (Lipinski definition) is 3. The molecule has 5 nitrogen and oxygen atoms in total. The Bertz CT molecular complexity index is 752. The summed E-state index contributed by atoms with van der Waals surface area (Å²) in [7, 11) is 1.64. The highest BCUT2D eigenvalue weighted by Gasteiger charge is 2.34. The minimum Gasteiger partial charge on any atom is -0.488 e. The van der Waals surface area contributed by atoms with Gasteiger partial charge >= 0.3 is 6.18 Å². The van der Waals surface area contributed by atoms with Crippen molar-refractivity contribution in [2.75, 3.05) is 20.1 Å². The van der Waals surface area contributed by atoms with Crippen LogP contribution in [0.15, 0.2) is 23.2 Å². The van der Waals surface area contributed by atoms with Crippen molar-refractivity contribution < 1.29 is 17.9 Å². The van der Waals surface area contributed by atoms with Gasteiger partial charge in [-0.2, -0.15) is 13.2 Å². The van der Waals surface area contributed by atoms with Gasteiger partial charge in [0.05, 0.1) is 5.56 Å². The molecule has 0 radical (unpaired) electrons. The quantitative estimate of drug-likeness (QED) is 0.312. The number of likely N-dealkylation sites (tertiary alicyclic amines) is 1. The van der Waals surface area contributed by atoms with E-state index in [0.29, 0.717) is 5.96 Å². The van der Waals surface area contributed by atoms with Crippen molar-refractivity contribution in [3.05, 3.63) is 29.3 Å². The molecule has 2 aliphatic rings. The molecule has 0 spiro atoms. The molecule has 0 amide bonds. The number of guanidine groups is 1. The van der Waals surface area contributed by atoms with Gasteiger partial charge in [-0.3, -0.25) is 4.99 Å². The summed E-state index contributed by atoms with van der Waals surface area (Å²) in [6.45, 7) is 7.58. The number of hydrogen-bond donors (Lipinski definition) is 2. The summed E-state index contributed by atoms with van der Waals surface area (Å²) in [6, 6.07) is 5.19. The first kappa shape index (κ1) is 26.0. The molecule has 0 unspecified atom stereocenters. The van der Waals surface area contributed by atoms with Gasteiger partial charge < -0.3 is 20.3 Å². The van der Waals surface area contributed by atoms with E-state index in [-0.39, 0.29) is 47.9 Å². The summed E-state index contributed by atoms with van der Waals surface area (Å²) in [4.78, 5) is 6.73. The second-order valence-corrected chi connectivity index (χ2v) is 9.14. The first-order chi connectivity index (χ1) is 14.0. The summed E-state index contributed by atoms with van der Waals surface area (Å²) in [6.07, 6.45) is 0.194. The van der Waals surface area contributed by atoms with Crippen molar-refractivity contribution in [2.24, 2.45) is 4.99 Å². The minimum atomic E-state index is -4.46. The van der Waals surface area contributed by atoms with E-state index in [1.165, 1.54) is 18.9 Å². The van der Waals surface area contributed by atoms with E-state index in [4.69, 9.17) is 4.74 Å². The number of aliphatic imine (C=N–C) groups is 1. The van der Waals surface area contributed by atoms with E-state index in [9.17, 15) is 13.2 Å². The van der Waals surface area contributed by atoms with E-state index in [1.54, 1.807) is 33.9 Å². The molecule has 1 aliphatic carbocycles. The molecular formula is C22H34F3IN4O. The fraction of sp³-hybridized carbons (Fsp3) is 0.682. The molecule has 1 heterocycles. The van der Waals surface area contributed by atoms with Crippen LogP contribution in [-0.4, -0.2) is 48.7 Å². The minimum absolute atomic E-state index is 0. The zero-order chi connectivity index (χ0) is 21.9. The molecular weight excluding hydrogens is 520 g/mol. The average Bonchev–Trinajstić information content (AvgIpc) is 3.49.